The van der Waals surface area contributed by atoms with Crippen LogP contribution in [0.1, 0.15) is 44.6 Å². The summed E-state index contributed by atoms with van der Waals surface area (Å²) in [5.74, 6) is -0.0627. The van der Waals surface area contributed by atoms with Gasteiger partial charge in [0.2, 0.25) is 10.0 Å². The van der Waals surface area contributed by atoms with Gasteiger partial charge in [-0.25, -0.2) is 19.6 Å². The first-order valence-electron chi connectivity index (χ1n) is 21.0. The number of benzene rings is 6. The molecular weight excluding hydrogens is 857 g/mol. The molecule has 0 bridgehead atoms. The number of aliphatic hydroxyl groups is 2. The summed E-state index contributed by atoms with van der Waals surface area (Å²) in [7, 11) is 0. The topological polar surface area (TPSA) is 137 Å². The normalized spacial score (nSPS) is 12.2. The predicted octanol–water partition coefficient (Wildman–Crippen LogP) is 10.8. The van der Waals surface area contributed by atoms with E-state index in [0.717, 1.165) is 55.6 Å². The van der Waals surface area contributed by atoms with Crippen molar-refractivity contribution in [2.75, 3.05) is 26.4 Å². The molecule has 0 aliphatic heterocycles. The quantitative estimate of drug-likeness (QED) is 0.0801. The zero-order chi connectivity index (χ0) is 45.2. The van der Waals surface area contributed by atoms with Gasteiger partial charge < -0.3 is 29.2 Å². The number of esters is 2. The van der Waals surface area contributed by atoms with Gasteiger partial charge in [0.05, 0.1) is 0 Å². The van der Waals surface area contributed by atoms with E-state index in [9.17, 15) is 19.8 Å². The van der Waals surface area contributed by atoms with Gasteiger partial charge in [0.25, 0.3) is 0 Å². The fraction of sp³-hybridized carbons (Fsp3) is 0.170. The van der Waals surface area contributed by atoms with Crippen molar-refractivity contribution < 1.29 is 38.7 Å². The molecule has 0 amide bonds. The lowest BCUT2D eigenvalue weighted by atomic mass is 9.74. The molecule has 8 aromatic rings. The average Bonchev–Trinajstić information content (AvgIpc) is 4.11. The molecule has 2 N–H and O–H groups in total. The van der Waals surface area contributed by atoms with Crippen molar-refractivity contribution in [1.82, 2.24) is 9.97 Å². The first-order chi connectivity index (χ1) is 31.7. The van der Waals surface area contributed by atoms with Crippen LogP contribution >= 0.6 is 22.7 Å². The second-order valence-electron chi connectivity index (χ2n) is 15.7. The summed E-state index contributed by atoms with van der Waals surface area (Å²) in [4.78, 5) is 33.0. The molecule has 2 heterocycles. The minimum absolute atomic E-state index is 0.140. The zero-order valence-electron chi connectivity index (χ0n) is 35.7. The van der Waals surface area contributed by atoms with Gasteiger partial charge in [-0.3, -0.25) is 0 Å². The third-order valence-corrected chi connectivity index (χ3v) is 12.3. The lowest BCUT2D eigenvalue weighted by Gasteiger charge is -2.31. The van der Waals surface area contributed by atoms with Crippen molar-refractivity contribution in [2.45, 2.75) is 31.5 Å². The molecule has 0 radical (unpaired) electrons. The van der Waals surface area contributed by atoms with Crippen LogP contribution in [0.4, 0.5) is 0 Å². The number of aromatic nitrogens is 2. The summed E-state index contributed by atoms with van der Waals surface area (Å²) in [5.41, 5.74) is 8.26. The molecule has 0 fully saturated rings. The van der Waals surface area contributed by atoms with Gasteiger partial charge in [0.1, 0.15) is 50.1 Å². The highest BCUT2D eigenvalue weighted by Gasteiger charge is 2.30. The van der Waals surface area contributed by atoms with Gasteiger partial charge in [-0.05, 0) is 57.6 Å². The minimum atomic E-state index is -1.12. The molecule has 65 heavy (non-hydrogen) atoms. The van der Waals surface area contributed by atoms with Gasteiger partial charge in [-0.15, -0.1) is 22.7 Å². The monoisotopic (exact) mass is 902 g/mol. The number of carbonyl (C=O) groups excluding carboxylic acids is 2. The highest BCUT2D eigenvalue weighted by atomic mass is 32.1. The van der Waals surface area contributed by atoms with Gasteiger partial charge in [0, 0.05) is 50.8 Å². The Bertz CT molecular complexity index is 2490. The molecule has 2 atom stereocenters. The SMILES string of the molecule is CC(C)(c1cc(-c2ccccc2)c(OCC(O)COC(=O)c2nccs2)c(-c2ccccc2)c1)c1cc(-c2ccccc2)c(OCC(O)COC(=O)c2nccs2)c(-c2ccccc2)c1. The fourth-order valence-electron chi connectivity index (χ4n) is 7.36. The summed E-state index contributed by atoms with van der Waals surface area (Å²) in [6.07, 6.45) is 0.824. The van der Waals surface area contributed by atoms with E-state index in [1.54, 1.807) is 10.8 Å². The lowest BCUT2D eigenvalue weighted by molar-refractivity contribution is 0.0128. The summed E-state index contributed by atoms with van der Waals surface area (Å²) in [6, 6.07) is 48.5. The van der Waals surface area contributed by atoms with E-state index in [0.29, 0.717) is 11.5 Å². The second-order valence-corrected chi connectivity index (χ2v) is 17.5. The molecule has 8 rings (SSSR count). The molecule has 2 aromatic heterocycles. The van der Waals surface area contributed by atoms with E-state index >= 15 is 0 Å². The number of nitrogens with zero attached hydrogens (tertiary/aromatic N) is 2. The Balaban J connectivity index is 1.20. The first kappa shape index (κ1) is 44.6. The zero-order valence-corrected chi connectivity index (χ0v) is 37.3. The van der Waals surface area contributed by atoms with Crippen LogP contribution in [-0.2, 0) is 14.9 Å². The molecule has 6 aromatic carbocycles. The van der Waals surface area contributed by atoms with Gasteiger partial charge in [0.15, 0.2) is 0 Å². The largest absolute Gasteiger partial charge is 0.489 e. The molecular formula is C53H46N2O8S2. The van der Waals surface area contributed by atoms with Crippen molar-refractivity contribution in [3.8, 4) is 56.0 Å². The van der Waals surface area contributed by atoms with Crippen LogP contribution < -0.4 is 9.47 Å². The molecule has 12 heteroatoms. The lowest BCUT2D eigenvalue weighted by Crippen LogP contribution is -2.26. The second kappa shape index (κ2) is 20.7. The maximum atomic E-state index is 12.5. The molecule has 0 saturated carbocycles. The highest BCUT2D eigenvalue weighted by molar-refractivity contribution is 7.11. The molecule has 2 unspecified atom stereocenters. The smallest absolute Gasteiger partial charge is 0.367 e. The predicted molar refractivity (Wildman–Crippen MR) is 255 cm³/mol. The highest BCUT2D eigenvalue weighted by Crippen LogP contribution is 2.48. The van der Waals surface area contributed by atoms with E-state index in [4.69, 9.17) is 18.9 Å². The fourth-order valence-corrected chi connectivity index (χ4v) is 8.41. The number of hydrogen-bond acceptors (Lipinski definition) is 12. The van der Waals surface area contributed by atoms with Crippen LogP contribution in [0.3, 0.4) is 0 Å². The molecule has 0 spiro atoms. The first-order valence-corrected chi connectivity index (χ1v) is 22.8. The average molecular weight is 903 g/mol. The van der Waals surface area contributed by atoms with Gasteiger partial charge in [-0.2, -0.15) is 0 Å². The number of rotatable bonds is 18. The Hall–Kier alpha value is -6.96. The number of thiazole rings is 2. The minimum Gasteiger partial charge on any atom is -0.489 e. The number of ether oxygens (including phenoxy) is 4. The van der Waals surface area contributed by atoms with E-state index in [1.807, 2.05) is 121 Å². The standard InChI is InChI=1S/C53H46N2O8S2/c1-53(2,39-27-43(35-15-7-3-8-16-35)47(44(28-39)36-17-9-4-10-18-36)60-31-41(56)33-62-51(58)49-54-23-25-64-49)40-29-45(37-19-11-5-12-20-37)48(46(30-40)38-21-13-6-14-22-38)61-32-42(57)34-63-52(59)50-55-24-26-65-50/h3-30,41-42,56-57H,31-34H2,1-2H3. The van der Waals surface area contributed by atoms with E-state index < -0.39 is 29.6 Å². The van der Waals surface area contributed by atoms with Gasteiger partial charge in [-0.1, -0.05) is 135 Å². The van der Waals surface area contributed by atoms with E-state index in [-0.39, 0.29) is 36.4 Å². The van der Waals surface area contributed by atoms with Crippen molar-refractivity contribution in [3.05, 3.63) is 190 Å². The van der Waals surface area contributed by atoms with E-state index in [1.165, 1.54) is 35.1 Å². The van der Waals surface area contributed by atoms with Crippen LogP contribution in [0.2, 0.25) is 0 Å². The van der Waals surface area contributed by atoms with Crippen molar-refractivity contribution in [3.63, 3.8) is 0 Å². The summed E-state index contributed by atoms with van der Waals surface area (Å²) in [5, 5.41) is 25.9. The third-order valence-electron chi connectivity index (χ3n) is 10.8. The number of hydrogen-bond donors (Lipinski definition) is 2. The van der Waals surface area contributed by atoms with E-state index in [2.05, 4.69) is 48.1 Å². The van der Waals surface area contributed by atoms with Crippen LogP contribution in [0.15, 0.2) is 169 Å². The van der Waals surface area contributed by atoms with Crippen molar-refractivity contribution in [2.24, 2.45) is 0 Å². The van der Waals surface area contributed by atoms with Crippen LogP contribution in [0.5, 0.6) is 11.5 Å². The van der Waals surface area contributed by atoms with Crippen LogP contribution in [-0.4, -0.2) is 70.8 Å². The molecule has 0 aliphatic carbocycles. The Labute approximate surface area is 385 Å². The van der Waals surface area contributed by atoms with Crippen molar-refractivity contribution >= 4 is 34.6 Å². The summed E-state index contributed by atoms with van der Waals surface area (Å²) < 4.78 is 23.9. The number of carbonyl (C=O) groups is 2. The van der Waals surface area contributed by atoms with Gasteiger partial charge >= 0.3 is 11.9 Å². The van der Waals surface area contributed by atoms with Crippen molar-refractivity contribution in [1.29, 1.82) is 0 Å². The Morgan fingerprint density at radius 2 is 0.815 bits per heavy atom. The Morgan fingerprint density at radius 1 is 0.508 bits per heavy atom. The Morgan fingerprint density at radius 3 is 1.09 bits per heavy atom. The maximum absolute atomic E-state index is 12.5. The summed E-state index contributed by atoms with van der Waals surface area (Å²) in [6.45, 7) is 3.56. The molecule has 0 aliphatic rings. The maximum Gasteiger partial charge on any atom is 0.367 e. The van der Waals surface area contributed by atoms with Crippen LogP contribution in [0, 0.1) is 0 Å². The molecule has 10 nitrogen and oxygen atoms in total. The van der Waals surface area contributed by atoms with Crippen LogP contribution in [0.25, 0.3) is 44.5 Å². The summed E-state index contributed by atoms with van der Waals surface area (Å²) >= 11 is 2.34. The molecule has 328 valence electrons. The Kier molecular flexibility index (Phi) is 14.2. The molecule has 0 saturated heterocycles. The number of aliphatic hydroxyl groups excluding tert-OH is 2. The third kappa shape index (κ3) is 10.7.